The summed E-state index contributed by atoms with van der Waals surface area (Å²) in [7, 11) is 0. The van der Waals surface area contributed by atoms with E-state index in [9.17, 15) is 9.59 Å². The third-order valence-electron chi connectivity index (χ3n) is 2.89. The molecular formula is C16H22O4. The van der Waals surface area contributed by atoms with Crippen molar-refractivity contribution in [2.24, 2.45) is 0 Å². The molecule has 0 heterocycles. The molecule has 0 aliphatic heterocycles. The van der Waals surface area contributed by atoms with Crippen LogP contribution in [0.4, 0.5) is 0 Å². The van der Waals surface area contributed by atoms with E-state index in [2.05, 4.69) is 13.0 Å². The zero-order valence-electron chi connectivity index (χ0n) is 12.2. The Hall–Kier alpha value is -1.84. The van der Waals surface area contributed by atoms with Crippen molar-refractivity contribution in [3.8, 4) is 0 Å². The van der Waals surface area contributed by atoms with Gasteiger partial charge in [-0.05, 0) is 24.0 Å². The zero-order valence-corrected chi connectivity index (χ0v) is 12.2. The van der Waals surface area contributed by atoms with Gasteiger partial charge < -0.3 is 9.47 Å². The molecule has 0 aromatic heterocycles. The first-order chi connectivity index (χ1) is 9.65. The highest BCUT2D eigenvalue weighted by molar-refractivity contribution is 5.73. The van der Waals surface area contributed by atoms with Gasteiger partial charge in [0.25, 0.3) is 0 Å². The average Bonchev–Trinajstić information content (AvgIpc) is 2.45. The topological polar surface area (TPSA) is 52.6 Å². The maximum absolute atomic E-state index is 11.6. The van der Waals surface area contributed by atoms with E-state index in [-0.39, 0.29) is 31.6 Å². The van der Waals surface area contributed by atoms with Crippen LogP contribution in [0.5, 0.6) is 0 Å². The number of unbranched alkanes of at least 4 members (excludes halogenated alkanes) is 1. The van der Waals surface area contributed by atoms with Gasteiger partial charge in [0, 0.05) is 6.42 Å². The fourth-order valence-corrected chi connectivity index (χ4v) is 1.76. The van der Waals surface area contributed by atoms with E-state index in [1.807, 2.05) is 18.2 Å². The molecule has 0 saturated heterocycles. The minimum Gasteiger partial charge on any atom is -0.428 e. The van der Waals surface area contributed by atoms with Crippen LogP contribution in [0.25, 0.3) is 0 Å². The summed E-state index contributed by atoms with van der Waals surface area (Å²) in [5.41, 5.74) is 2.15. The molecule has 1 rings (SSSR count). The number of esters is 2. The van der Waals surface area contributed by atoms with Crippen molar-refractivity contribution >= 4 is 11.9 Å². The van der Waals surface area contributed by atoms with Gasteiger partial charge in [0.15, 0.2) is 0 Å². The molecule has 0 spiro atoms. The molecule has 1 aromatic rings. The Labute approximate surface area is 120 Å². The summed E-state index contributed by atoms with van der Waals surface area (Å²) in [6.07, 6.45) is 3.78. The molecule has 0 atom stereocenters. The number of carbonyl (C=O) groups is 2. The van der Waals surface area contributed by atoms with Gasteiger partial charge in [-0.2, -0.15) is 0 Å². The molecule has 0 bridgehead atoms. The lowest BCUT2D eigenvalue weighted by Crippen LogP contribution is -2.13. The normalized spacial score (nSPS) is 10.1. The molecule has 0 unspecified atom stereocenters. The lowest BCUT2D eigenvalue weighted by Gasteiger charge is -2.07. The smallest absolute Gasteiger partial charge is 0.313 e. The molecular weight excluding hydrogens is 256 g/mol. The molecule has 110 valence electrons. The molecule has 0 amide bonds. The summed E-state index contributed by atoms with van der Waals surface area (Å²) < 4.78 is 9.55. The minimum absolute atomic E-state index is 0.198. The van der Waals surface area contributed by atoms with Crippen LogP contribution in [-0.2, 0) is 31.9 Å². The van der Waals surface area contributed by atoms with Crippen molar-refractivity contribution in [3.05, 3.63) is 35.4 Å². The van der Waals surface area contributed by atoms with E-state index in [4.69, 9.17) is 9.47 Å². The van der Waals surface area contributed by atoms with Crippen LogP contribution in [0, 0.1) is 0 Å². The molecule has 20 heavy (non-hydrogen) atoms. The fourth-order valence-electron chi connectivity index (χ4n) is 1.76. The van der Waals surface area contributed by atoms with Gasteiger partial charge in [0.05, 0.1) is 6.42 Å². The van der Waals surface area contributed by atoms with Crippen molar-refractivity contribution in [3.63, 3.8) is 0 Å². The number of hydrogen-bond acceptors (Lipinski definition) is 4. The molecule has 1 aromatic carbocycles. The van der Waals surface area contributed by atoms with Crippen molar-refractivity contribution < 1.29 is 19.1 Å². The number of ether oxygens (including phenoxy) is 2. The lowest BCUT2D eigenvalue weighted by molar-refractivity contribution is -0.166. The zero-order chi connectivity index (χ0) is 14.8. The summed E-state index contributed by atoms with van der Waals surface area (Å²) in [6.45, 7) is 3.53. The lowest BCUT2D eigenvalue weighted by atomic mass is 10.0. The van der Waals surface area contributed by atoms with Crippen molar-refractivity contribution in [2.75, 3.05) is 6.79 Å². The first kappa shape index (κ1) is 16.2. The molecule has 0 radical (unpaired) electrons. The van der Waals surface area contributed by atoms with E-state index < -0.39 is 0 Å². The van der Waals surface area contributed by atoms with Crippen LogP contribution < -0.4 is 0 Å². The molecule has 0 fully saturated rings. The first-order valence-corrected chi connectivity index (χ1v) is 7.04. The van der Waals surface area contributed by atoms with Crippen LogP contribution in [0.1, 0.15) is 44.2 Å². The second kappa shape index (κ2) is 9.13. The van der Waals surface area contributed by atoms with Crippen LogP contribution in [0.15, 0.2) is 24.3 Å². The highest BCUT2D eigenvalue weighted by Crippen LogP contribution is 2.10. The van der Waals surface area contributed by atoms with Gasteiger partial charge in [-0.15, -0.1) is 0 Å². The molecule has 0 saturated carbocycles. The molecule has 4 nitrogen and oxygen atoms in total. The Morgan fingerprint density at radius 2 is 1.75 bits per heavy atom. The highest BCUT2D eigenvalue weighted by atomic mass is 16.7. The van der Waals surface area contributed by atoms with Gasteiger partial charge in [-0.25, -0.2) is 0 Å². The average molecular weight is 278 g/mol. The minimum atomic E-state index is -0.387. The van der Waals surface area contributed by atoms with Gasteiger partial charge in [0.2, 0.25) is 6.79 Å². The monoisotopic (exact) mass is 278 g/mol. The summed E-state index contributed by atoms with van der Waals surface area (Å²) >= 11 is 0. The molecule has 4 heteroatoms. The van der Waals surface area contributed by atoms with Crippen LogP contribution in [0.3, 0.4) is 0 Å². The van der Waals surface area contributed by atoms with Gasteiger partial charge in [-0.3, -0.25) is 9.59 Å². The van der Waals surface area contributed by atoms with Crippen LogP contribution in [-0.4, -0.2) is 18.7 Å². The maximum Gasteiger partial charge on any atom is 0.313 e. The quantitative estimate of drug-likeness (QED) is 0.542. The Kier molecular flexibility index (Phi) is 7.40. The number of benzene rings is 1. The highest BCUT2D eigenvalue weighted by Gasteiger charge is 2.07. The van der Waals surface area contributed by atoms with E-state index in [0.29, 0.717) is 0 Å². The van der Waals surface area contributed by atoms with Gasteiger partial charge in [-0.1, -0.05) is 44.5 Å². The Balaban J connectivity index is 2.39. The molecule has 0 aliphatic carbocycles. The fraction of sp³-hybridized carbons (Fsp3) is 0.500. The standard InChI is InChI=1S/C16H22O4/c1-3-5-7-13-8-6-9-14(10-13)11-16(18)20-12-19-15(17)4-2/h6,8-10H,3-5,7,11-12H2,1-2H3. The van der Waals surface area contributed by atoms with Crippen molar-refractivity contribution in [1.82, 2.24) is 0 Å². The SMILES string of the molecule is CCCCc1cccc(CC(=O)OCOC(=O)CC)c1. The number of rotatable bonds is 8. The van der Waals surface area contributed by atoms with Gasteiger partial charge >= 0.3 is 11.9 Å². The van der Waals surface area contributed by atoms with E-state index in [0.717, 1.165) is 24.8 Å². The Bertz CT molecular complexity index is 440. The Morgan fingerprint density at radius 1 is 1.05 bits per heavy atom. The van der Waals surface area contributed by atoms with Crippen LogP contribution in [0.2, 0.25) is 0 Å². The van der Waals surface area contributed by atoms with E-state index >= 15 is 0 Å². The summed E-state index contributed by atoms with van der Waals surface area (Å²) in [6, 6.07) is 7.93. The number of aryl methyl sites for hydroxylation is 1. The van der Waals surface area contributed by atoms with E-state index in [1.54, 1.807) is 6.92 Å². The molecule has 0 N–H and O–H groups in total. The van der Waals surface area contributed by atoms with Crippen molar-refractivity contribution in [1.29, 1.82) is 0 Å². The number of carbonyl (C=O) groups excluding carboxylic acids is 2. The summed E-state index contributed by atoms with van der Waals surface area (Å²) in [5.74, 6) is -0.763. The summed E-state index contributed by atoms with van der Waals surface area (Å²) in [4.78, 5) is 22.5. The van der Waals surface area contributed by atoms with Crippen molar-refractivity contribution in [2.45, 2.75) is 46.0 Å². The third-order valence-corrected chi connectivity index (χ3v) is 2.89. The molecule has 0 aliphatic rings. The van der Waals surface area contributed by atoms with Gasteiger partial charge in [0.1, 0.15) is 0 Å². The third kappa shape index (κ3) is 6.36. The first-order valence-electron chi connectivity index (χ1n) is 7.04. The summed E-state index contributed by atoms with van der Waals surface area (Å²) in [5, 5.41) is 0. The maximum atomic E-state index is 11.6. The largest absolute Gasteiger partial charge is 0.428 e. The van der Waals surface area contributed by atoms with Crippen LogP contribution >= 0.6 is 0 Å². The predicted octanol–water partition coefficient (Wildman–Crippen LogP) is 3.03. The number of hydrogen-bond donors (Lipinski definition) is 0. The van der Waals surface area contributed by atoms with E-state index in [1.165, 1.54) is 5.56 Å². The second-order valence-electron chi connectivity index (χ2n) is 4.60. The predicted molar refractivity (Wildman–Crippen MR) is 76.1 cm³/mol. The second-order valence-corrected chi connectivity index (χ2v) is 4.60. The Morgan fingerprint density at radius 3 is 2.45 bits per heavy atom.